The largest absolute Gasteiger partial charge is 0.459 e. The molecule has 0 aliphatic carbocycles. The number of nitrogens with one attached hydrogen (secondary N) is 2. The first kappa shape index (κ1) is 18.0. The molecule has 1 fully saturated rings. The first-order chi connectivity index (χ1) is 13.7. The number of hydrogen-bond donors (Lipinski definition) is 2. The van der Waals surface area contributed by atoms with Crippen LogP contribution in [-0.4, -0.2) is 41.4 Å². The Balaban J connectivity index is 1.44. The minimum absolute atomic E-state index is 0.125. The second kappa shape index (κ2) is 8.08. The minimum Gasteiger partial charge on any atom is -0.459 e. The molecule has 4 rings (SSSR count). The number of amides is 2. The van der Waals surface area contributed by atoms with E-state index in [1.165, 1.54) is 6.26 Å². The Bertz CT molecular complexity index is 981. The Morgan fingerprint density at radius 1 is 1.04 bits per heavy atom. The highest BCUT2D eigenvalue weighted by Gasteiger charge is 2.20. The van der Waals surface area contributed by atoms with Crippen molar-refractivity contribution in [3.63, 3.8) is 0 Å². The molecule has 8 nitrogen and oxygen atoms in total. The summed E-state index contributed by atoms with van der Waals surface area (Å²) in [6, 6.07) is 10.8. The molecule has 3 aromatic rings. The lowest BCUT2D eigenvalue weighted by Crippen LogP contribution is -2.28. The van der Waals surface area contributed by atoms with Crippen molar-refractivity contribution >= 4 is 34.5 Å². The van der Waals surface area contributed by atoms with Gasteiger partial charge in [0.15, 0.2) is 17.4 Å². The van der Waals surface area contributed by atoms with E-state index in [1.807, 2.05) is 24.3 Å². The molecular weight excluding hydrogens is 358 g/mol. The molecule has 3 heterocycles. The molecular formula is C20H21N5O3. The van der Waals surface area contributed by atoms with E-state index < -0.39 is 0 Å². The van der Waals surface area contributed by atoms with Crippen molar-refractivity contribution in [2.45, 2.75) is 19.3 Å². The van der Waals surface area contributed by atoms with Crippen LogP contribution in [0.25, 0.3) is 11.0 Å². The standard InChI is InChI=1S/C20H21N5O3/c26-17(9-10-21-20(27)16-8-5-13-28-16)24-18-19(25-11-3-4-12-25)23-15-7-2-1-6-14(15)22-18/h1-2,5-8,13H,3-4,9-12H2,(H,21,27)(H,22,24,26). The summed E-state index contributed by atoms with van der Waals surface area (Å²) in [7, 11) is 0. The maximum Gasteiger partial charge on any atom is 0.286 e. The molecule has 0 radical (unpaired) electrons. The van der Waals surface area contributed by atoms with Crippen LogP contribution in [0.15, 0.2) is 47.1 Å². The monoisotopic (exact) mass is 379 g/mol. The Hall–Kier alpha value is -3.42. The number of aromatic nitrogens is 2. The summed E-state index contributed by atoms with van der Waals surface area (Å²) in [6.45, 7) is 2.00. The highest BCUT2D eigenvalue weighted by atomic mass is 16.3. The van der Waals surface area contributed by atoms with Crippen molar-refractivity contribution in [1.29, 1.82) is 0 Å². The van der Waals surface area contributed by atoms with Gasteiger partial charge >= 0.3 is 0 Å². The average molecular weight is 379 g/mol. The first-order valence-corrected chi connectivity index (χ1v) is 9.34. The van der Waals surface area contributed by atoms with Gasteiger partial charge in [0, 0.05) is 26.1 Å². The topological polar surface area (TPSA) is 100 Å². The third-order valence-corrected chi connectivity index (χ3v) is 4.60. The number of furan rings is 1. The normalized spacial score (nSPS) is 13.6. The van der Waals surface area contributed by atoms with Crippen LogP contribution >= 0.6 is 0 Å². The molecule has 8 heteroatoms. The molecule has 28 heavy (non-hydrogen) atoms. The molecule has 2 N–H and O–H groups in total. The fourth-order valence-corrected chi connectivity index (χ4v) is 3.20. The molecule has 1 saturated heterocycles. The lowest BCUT2D eigenvalue weighted by Gasteiger charge is -2.20. The first-order valence-electron chi connectivity index (χ1n) is 9.34. The van der Waals surface area contributed by atoms with Gasteiger partial charge in [0.1, 0.15) is 0 Å². The number of fused-ring (bicyclic) bond motifs is 1. The van der Waals surface area contributed by atoms with Crippen molar-refractivity contribution in [3.05, 3.63) is 48.4 Å². The summed E-state index contributed by atoms with van der Waals surface area (Å²) in [5.41, 5.74) is 1.53. The Morgan fingerprint density at radius 2 is 1.79 bits per heavy atom. The van der Waals surface area contributed by atoms with Crippen molar-refractivity contribution in [3.8, 4) is 0 Å². The van der Waals surface area contributed by atoms with Crippen molar-refractivity contribution in [2.75, 3.05) is 29.9 Å². The van der Waals surface area contributed by atoms with E-state index in [4.69, 9.17) is 9.40 Å². The highest BCUT2D eigenvalue weighted by Crippen LogP contribution is 2.27. The van der Waals surface area contributed by atoms with Gasteiger partial charge in [-0.2, -0.15) is 0 Å². The Kier molecular flexibility index (Phi) is 5.18. The smallest absolute Gasteiger partial charge is 0.286 e. The van der Waals surface area contributed by atoms with Crippen LogP contribution < -0.4 is 15.5 Å². The van der Waals surface area contributed by atoms with Crippen molar-refractivity contribution in [1.82, 2.24) is 15.3 Å². The molecule has 1 aliphatic rings. The lowest BCUT2D eigenvalue weighted by molar-refractivity contribution is -0.116. The third kappa shape index (κ3) is 3.95. The molecule has 2 aromatic heterocycles. The van der Waals surface area contributed by atoms with Crippen LogP contribution in [0.4, 0.5) is 11.6 Å². The van der Waals surface area contributed by atoms with E-state index in [2.05, 4.69) is 20.5 Å². The fourth-order valence-electron chi connectivity index (χ4n) is 3.20. The van der Waals surface area contributed by atoms with E-state index in [-0.39, 0.29) is 30.5 Å². The predicted molar refractivity (Wildman–Crippen MR) is 105 cm³/mol. The number of anilines is 2. The summed E-state index contributed by atoms with van der Waals surface area (Å²) in [6.07, 6.45) is 3.75. The maximum atomic E-state index is 12.4. The van der Waals surface area contributed by atoms with E-state index in [9.17, 15) is 9.59 Å². The van der Waals surface area contributed by atoms with Gasteiger partial charge in [-0.25, -0.2) is 9.97 Å². The van der Waals surface area contributed by atoms with Gasteiger partial charge in [0.25, 0.3) is 5.91 Å². The SMILES string of the molecule is O=C(CCNC(=O)c1ccco1)Nc1nc2ccccc2nc1N1CCCC1. The molecule has 144 valence electrons. The van der Waals surface area contributed by atoms with Crippen molar-refractivity contribution in [2.24, 2.45) is 0 Å². The summed E-state index contributed by atoms with van der Waals surface area (Å²) >= 11 is 0. The van der Waals surface area contributed by atoms with E-state index in [0.717, 1.165) is 37.0 Å². The maximum absolute atomic E-state index is 12.4. The number of hydrogen-bond acceptors (Lipinski definition) is 6. The number of benzene rings is 1. The van der Waals surface area contributed by atoms with Gasteiger partial charge in [-0.3, -0.25) is 9.59 Å². The quantitative estimate of drug-likeness (QED) is 0.683. The zero-order chi connectivity index (χ0) is 19.3. The number of rotatable bonds is 6. The summed E-state index contributed by atoms with van der Waals surface area (Å²) < 4.78 is 5.03. The van der Waals surface area contributed by atoms with Crippen LogP contribution in [0.2, 0.25) is 0 Å². The zero-order valence-corrected chi connectivity index (χ0v) is 15.4. The zero-order valence-electron chi connectivity index (χ0n) is 15.4. The Morgan fingerprint density at radius 3 is 2.50 bits per heavy atom. The Labute approximate surface area is 162 Å². The molecule has 0 saturated carbocycles. The van der Waals surface area contributed by atoms with E-state index in [0.29, 0.717) is 11.6 Å². The van der Waals surface area contributed by atoms with Gasteiger partial charge in [0.05, 0.1) is 17.3 Å². The minimum atomic E-state index is -0.346. The molecule has 2 amide bonds. The van der Waals surface area contributed by atoms with Crippen molar-refractivity contribution < 1.29 is 14.0 Å². The number of carbonyl (C=O) groups is 2. The molecule has 0 atom stereocenters. The lowest BCUT2D eigenvalue weighted by atomic mass is 10.3. The molecule has 0 bridgehead atoms. The number of para-hydroxylation sites is 2. The van der Waals surface area contributed by atoms with Crippen LogP contribution in [0.1, 0.15) is 29.8 Å². The summed E-state index contributed by atoms with van der Waals surface area (Å²) in [5.74, 6) is 0.801. The highest BCUT2D eigenvalue weighted by molar-refractivity contribution is 5.95. The average Bonchev–Trinajstić information content (AvgIpc) is 3.41. The summed E-state index contributed by atoms with van der Waals surface area (Å²) in [4.78, 5) is 35.7. The molecule has 1 aliphatic heterocycles. The second-order valence-electron chi connectivity index (χ2n) is 6.61. The van der Waals surface area contributed by atoms with Gasteiger partial charge in [-0.05, 0) is 37.1 Å². The third-order valence-electron chi connectivity index (χ3n) is 4.60. The fraction of sp³-hybridized carbons (Fsp3) is 0.300. The molecule has 0 spiro atoms. The van der Waals surface area contributed by atoms with Gasteiger partial charge < -0.3 is 20.0 Å². The van der Waals surface area contributed by atoms with Crippen LogP contribution in [-0.2, 0) is 4.79 Å². The van der Waals surface area contributed by atoms with Crippen LogP contribution in [0, 0.1) is 0 Å². The van der Waals surface area contributed by atoms with Gasteiger partial charge in [-0.15, -0.1) is 0 Å². The second-order valence-corrected chi connectivity index (χ2v) is 6.61. The number of nitrogens with zero attached hydrogens (tertiary/aromatic N) is 3. The molecule has 0 unspecified atom stereocenters. The van der Waals surface area contributed by atoms with E-state index >= 15 is 0 Å². The van der Waals surface area contributed by atoms with Crippen LogP contribution in [0.3, 0.4) is 0 Å². The summed E-state index contributed by atoms with van der Waals surface area (Å²) in [5, 5.41) is 5.52. The van der Waals surface area contributed by atoms with Crippen LogP contribution in [0.5, 0.6) is 0 Å². The molecule has 1 aromatic carbocycles. The number of carbonyl (C=O) groups excluding carboxylic acids is 2. The predicted octanol–water partition coefficient (Wildman–Crippen LogP) is 2.58. The van der Waals surface area contributed by atoms with Gasteiger partial charge in [-0.1, -0.05) is 12.1 Å². The van der Waals surface area contributed by atoms with Gasteiger partial charge in [0.2, 0.25) is 5.91 Å². The van der Waals surface area contributed by atoms with E-state index in [1.54, 1.807) is 12.1 Å².